The Hall–Kier alpha value is -0.430. The summed E-state index contributed by atoms with van der Waals surface area (Å²) in [7, 11) is 0. The van der Waals surface area contributed by atoms with E-state index < -0.39 is 0 Å². The third-order valence-electron chi connectivity index (χ3n) is 0.732. The summed E-state index contributed by atoms with van der Waals surface area (Å²) in [6, 6.07) is 0. The summed E-state index contributed by atoms with van der Waals surface area (Å²) in [5.41, 5.74) is 1.03. The van der Waals surface area contributed by atoms with Crippen molar-refractivity contribution in [3.05, 3.63) is 35.3 Å². The molecule has 0 rings (SSSR count). The van der Waals surface area contributed by atoms with Crippen LogP contribution in [0.2, 0.25) is 0 Å². The van der Waals surface area contributed by atoms with Crippen molar-refractivity contribution in [3.63, 3.8) is 0 Å². The highest BCUT2D eigenvalue weighted by Gasteiger charge is 1.79. The Morgan fingerprint density at radius 3 is 2.44 bits per heavy atom. The molecule has 0 nitrogen and oxygen atoms in total. The zero-order valence-electron chi connectivity index (χ0n) is 5.89. The van der Waals surface area contributed by atoms with Gasteiger partial charge in [0.15, 0.2) is 0 Å². The lowest BCUT2D eigenvalue weighted by Gasteiger charge is -1.88. The van der Waals surface area contributed by atoms with Crippen molar-refractivity contribution >= 4 is 12.6 Å². The van der Waals surface area contributed by atoms with Gasteiger partial charge in [0.25, 0.3) is 0 Å². The normalized spacial score (nSPS) is 12.6. The fourth-order valence-corrected chi connectivity index (χ4v) is 0.841. The van der Waals surface area contributed by atoms with E-state index in [0.717, 1.165) is 10.5 Å². The molecule has 0 amide bonds. The van der Waals surface area contributed by atoms with E-state index in [1.54, 1.807) is 0 Å². The van der Waals surface area contributed by atoms with E-state index in [4.69, 9.17) is 0 Å². The first-order chi connectivity index (χ1) is 4.16. The number of allylic oxidation sites excluding steroid dienone is 4. The van der Waals surface area contributed by atoms with Crippen LogP contribution in [-0.2, 0) is 0 Å². The maximum absolute atomic E-state index is 4.16. The highest BCUT2D eigenvalue weighted by Crippen LogP contribution is 2.05. The highest BCUT2D eigenvalue weighted by molar-refractivity contribution is 7.84. The van der Waals surface area contributed by atoms with Crippen LogP contribution in [0.15, 0.2) is 35.3 Å². The fraction of sp³-hybridized carbons (Fsp3) is 0.250. The molecule has 0 spiro atoms. The maximum atomic E-state index is 4.16. The molecule has 0 saturated heterocycles. The van der Waals surface area contributed by atoms with Gasteiger partial charge in [-0.15, -0.1) is 12.6 Å². The number of rotatable bonds is 2. The van der Waals surface area contributed by atoms with Gasteiger partial charge in [0.2, 0.25) is 0 Å². The molecule has 0 aliphatic carbocycles. The van der Waals surface area contributed by atoms with Crippen LogP contribution >= 0.6 is 12.6 Å². The van der Waals surface area contributed by atoms with Crippen molar-refractivity contribution in [3.8, 4) is 0 Å². The molecule has 0 radical (unpaired) electrons. The monoisotopic (exact) mass is 140 g/mol. The molecule has 0 atom stereocenters. The molecule has 0 saturated carbocycles. The quantitative estimate of drug-likeness (QED) is 0.442. The van der Waals surface area contributed by atoms with E-state index in [0.29, 0.717) is 0 Å². The van der Waals surface area contributed by atoms with Gasteiger partial charge in [-0.25, -0.2) is 0 Å². The van der Waals surface area contributed by atoms with Gasteiger partial charge in [0, 0.05) is 4.91 Å². The summed E-state index contributed by atoms with van der Waals surface area (Å²) in [6.07, 6.45) is 5.79. The predicted molar refractivity (Wildman–Crippen MR) is 46.7 cm³/mol. The molecule has 0 fully saturated rings. The molecule has 0 aromatic rings. The average Bonchev–Trinajstić information content (AvgIpc) is 1.63. The largest absolute Gasteiger partial charge is 0.143 e. The summed E-state index contributed by atoms with van der Waals surface area (Å²) in [5.74, 6) is 0. The SMILES string of the molecule is C=C(C)/C=C(S)\C=C/C. The Kier molecular flexibility index (Phi) is 4.24. The fourth-order valence-electron chi connectivity index (χ4n) is 0.471. The van der Waals surface area contributed by atoms with Crippen molar-refractivity contribution in [2.24, 2.45) is 0 Å². The zero-order valence-corrected chi connectivity index (χ0v) is 6.78. The van der Waals surface area contributed by atoms with Crippen molar-refractivity contribution in [2.45, 2.75) is 13.8 Å². The van der Waals surface area contributed by atoms with Gasteiger partial charge >= 0.3 is 0 Å². The van der Waals surface area contributed by atoms with Gasteiger partial charge in [0.05, 0.1) is 0 Å². The summed E-state index contributed by atoms with van der Waals surface area (Å²) in [4.78, 5) is 0.949. The first kappa shape index (κ1) is 8.57. The smallest absolute Gasteiger partial charge is 0.00391 e. The van der Waals surface area contributed by atoms with E-state index in [9.17, 15) is 0 Å². The zero-order chi connectivity index (χ0) is 7.28. The Bertz CT molecular complexity index is 152. The Morgan fingerprint density at radius 1 is 1.56 bits per heavy atom. The van der Waals surface area contributed by atoms with E-state index in [1.807, 2.05) is 32.1 Å². The second kappa shape index (κ2) is 4.45. The molecule has 0 N–H and O–H groups in total. The van der Waals surface area contributed by atoms with Crippen LogP contribution in [0.25, 0.3) is 0 Å². The molecule has 0 aliphatic heterocycles. The van der Waals surface area contributed by atoms with Crippen molar-refractivity contribution in [1.29, 1.82) is 0 Å². The molecule has 0 heterocycles. The molecule has 0 aliphatic rings. The van der Waals surface area contributed by atoms with Crippen LogP contribution in [0.5, 0.6) is 0 Å². The molecular formula is C8H12S. The first-order valence-corrected chi connectivity index (χ1v) is 3.30. The van der Waals surface area contributed by atoms with Crippen LogP contribution in [0.3, 0.4) is 0 Å². The van der Waals surface area contributed by atoms with Crippen LogP contribution in [0, 0.1) is 0 Å². The molecule has 0 aromatic carbocycles. The number of hydrogen-bond acceptors (Lipinski definition) is 1. The molecular weight excluding hydrogens is 128 g/mol. The van der Waals surface area contributed by atoms with Crippen molar-refractivity contribution < 1.29 is 0 Å². The van der Waals surface area contributed by atoms with Gasteiger partial charge < -0.3 is 0 Å². The van der Waals surface area contributed by atoms with E-state index in [1.165, 1.54) is 0 Å². The minimum absolute atomic E-state index is 0.949. The lowest BCUT2D eigenvalue weighted by Crippen LogP contribution is -1.65. The van der Waals surface area contributed by atoms with Crippen LogP contribution in [0.1, 0.15) is 13.8 Å². The average molecular weight is 140 g/mol. The van der Waals surface area contributed by atoms with Gasteiger partial charge in [-0.1, -0.05) is 24.3 Å². The Morgan fingerprint density at radius 2 is 2.11 bits per heavy atom. The minimum atomic E-state index is 0.949. The van der Waals surface area contributed by atoms with E-state index in [2.05, 4.69) is 19.2 Å². The van der Waals surface area contributed by atoms with Gasteiger partial charge in [0.1, 0.15) is 0 Å². The van der Waals surface area contributed by atoms with Crippen LogP contribution in [-0.4, -0.2) is 0 Å². The number of hydrogen-bond donors (Lipinski definition) is 1. The first-order valence-electron chi connectivity index (χ1n) is 2.85. The Balaban J connectivity index is 4.00. The lowest BCUT2D eigenvalue weighted by molar-refractivity contribution is 1.55. The van der Waals surface area contributed by atoms with E-state index in [-0.39, 0.29) is 0 Å². The molecule has 0 aromatic heterocycles. The molecule has 9 heavy (non-hydrogen) atoms. The molecule has 0 bridgehead atoms. The third-order valence-corrected chi connectivity index (χ3v) is 1.01. The second-order valence-corrected chi connectivity index (χ2v) is 2.43. The summed E-state index contributed by atoms with van der Waals surface area (Å²) < 4.78 is 0. The van der Waals surface area contributed by atoms with E-state index >= 15 is 0 Å². The van der Waals surface area contributed by atoms with Crippen molar-refractivity contribution in [2.75, 3.05) is 0 Å². The molecule has 1 heteroatoms. The van der Waals surface area contributed by atoms with Crippen LogP contribution in [0.4, 0.5) is 0 Å². The Labute approximate surface area is 62.4 Å². The van der Waals surface area contributed by atoms with Crippen molar-refractivity contribution in [1.82, 2.24) is 0 Å². The lowest BCUT2D eigenvalue weighted by atomic mass is 10.3. The minimum Gasteiger partial charge on any atom is -0.143 e. The highest BCUT2D eigenvalue weighted by atomic mass is 32.1. The van der Waals surface area contributed by atoms with Gasteiger partial charge in [-0.3, -0.25) is 0 Å². The summed E-state index contributed by atoms with van der Waals surface area (Å²) in [5, 5.41) is 0. The van der Waals surface area contributed by atoms with Gasteiger partial charge in [-0.05, 0) is 19.9 Å². The topological polar surface area (TPSA) is 0 Å². The summed E-state index contributed by atoms with van der Waals surface area (Å²) in [6.45, 7) is 7.62. The van der Waals surface area contributed by atoms with Gasteiger partial charge in [-0.2, -0.15) is 0 Å². The molecule has 50 valence electrons. The predicted octanol–water partition coefficient (Wildman–Crippen LogP) is 2.95. The van der Waals surface area contributed by atoms with Crippen LogP contribution < -0.4 is 0 Å². The maximum Gasteiger partial charge on any atom is 0.00391 e. The summed E-state index contributed by atoms with van der Waals surface area (Å²) >= 11 is 4.16. The second-order valence-electron chi connectivity index (χ2n) is 1.92. The molecule has 0 unspecified atom stereocenters. The third kappa shape index (κ3) is 5.44. The standard InChI is InChI=1S/C8H12S/c1-4-5-8(9)6-7(2)3/h4-6,9H,2H2,1,3H3/b5-4-,8-6+. The number of thiol groups is 1.